The zero-order valence-electron chi connectivity index (χ0n) is 19.0. The summed E-state index contributed by atoms with van der Waals surface area (Å²) in [6.45, 7) is 0.281. The Hall–Kier alpha value is -2.39. The summed E-state index contributed by atoms with van der Waals surface area (Å²) in [5, 5.41) is 10.9. The molecule has 3 aromatic carbocycles. The van der Waals surface area contributed by atoms with Crippen molar-refractivity contribution in [2.75, 3.05) is 13.1 Å². The number of β-amino-alcohol motifs (C(OH)–C–C–N with tert-alkyl or cyclic N) is 1. The van der Waals surface area contributed by atoms with Gasteiger partial charge in [0.2, 0.25) is 0 Å². The zero-order valence-corrected chi connectivity index (χ0v) is 21.2. The largest absolute Gasteiger partial charge is 0.386 e. The number of carbonyl (C=O) groups is 1. The molecule has 1 saturated heterocycles. The van der Waals surface area contributed by atoms with E-state index in [1.807, 2.05) is 34.7 Å². The van der Waals surface area contributed by atoms with Crippen LogP contribution < -0.4 is 0 Å². The molecule has 1 aliphatic carbocycles. The quantitative estimate of drug-likeness (QED) is 0.375. The first-order valence-electron chi connectivity index (χ1n) is 11.7. The number of carbonyl (C=O) groups excluding carboxylic acids is 1. The summed E-state index contributed by atoms with van der Waals surface area (Å²) in [7, 11) is 0. The van der Waals surface area contributed by atoms with Gasteiger partial charge in [-0.2, -0.15) is 0 Å². The van der Waals surface area contributed by atoms with Gasteiger partial charge in [0.15, 0.2) is 11.6 Å². The second-order valence-corrected chi connectivity index (χ2v) is 11.0. The van der Waals surface area contributed by atoms with Gasteiger partial charge in [-0.25, -0.2) is 13.2 Å². The molecule has 0 atom stereocenters. The average molecular weight is 591 g/mol. The standard InChI is InChI=1S/C28H25F3INO2/c29-24-8-7-22(23(26(24)31)13-20-5-6-21(32)14-25(20)30)27(34)33-15-28(35,16-33)10-9-17-11-18-3-1-2-4-19(18)12-17/h1-8,14,17,35H,9-13,15-16H2. The summed E-state index contributed by atoms with van der Waals surface area (Å²) in [5.74, 6) is -2.78. The summed E-state index contributed by atoms with van der Waals surface area (Å²) in [4.78, 5) is 14.6. The molecule has 0 saturated carbocycles. The van der Waals surface area contributed by atoms with Crippen LogP contribution in [-0.4, -0.2) is 34.6 Å². The van der Waals surface area contributed by atoms with Crippen LogP contribution in [0.5, 0.6) is 0 Å². The number of rotatable bonds is 6. The van der Waals surface area contributed by atoms with Crippen LogP contribution in [0, 0.1) is 26.9 Å². The monoisotopic (exact) mass is 591 g/mol. The molecule has 3 aromatic rings. The fourth-order valence-electron chi connectivity index (χ4n) is 5.28. The minimum absolute atomic E-state index is 0.00450. The van der Waals surface area contributed by atoms with Crippen LogP contribution in [0.2, 0.25) is 0 Å². The van der Waals surface area contributed by atoms with Crippen LogP contribution in [-0.2, 0) is 19.3 Å². The van der Waals surface area contributed by atoms with Gasteiger partial charge in [0.25, 0.3) is 5.91 Å². The Morgan fingerprint density at radius 3 is 2.34 bits per heavy atom. The van der Waals surface area contributed by atoms with Crippen molar-refractivity contribution in [2.45, 2.75) is 37.7 Å². The summed E-state index contributed by atoms with van der Waals surface area (Å²) in [6, 6.07) is 15.0. The van der Waals surface area contributed by atoms with Gasteiger partial charge in [0.05, 0.1) is 18.7 Å². The SMILES string of the molecule is O=C(c1ccc(F)c(F)c1Cc1ccc(I)cc1F)N1CC(O)(CCC2Cc3ccccc3C2)C1. The van der Waals surface area contributed by atoms with E-state index in [0.29, 0.717) is 15.9 Å². The topological polar surface area (TPSA) is 40.5 Å². The van der Waals surface area contributed by atoms with E-state index >= 15 is 0 Å². The summed E-state index contributed by atoms with van der Waals surface area (Å²) in [5.41, 5.74) is 1.76. The van der Waals surface area contributed by atoms with E-state index in [4.69, 9.17) is 0 Å². The Kier molecular flexibility index (Phi) is 6.65. The highest BCUT2D eigenvalue weighted by molar-refractivity contribution is 14.1. The van der Waals surface area contributed by atoms with Crippen LogP contribution in [0.1, 0.15) is 45.5 Å². The van der Waals surface area contributed by atoms with Crippen LogP contribution >= 0.6 is 22.6 Å². The summed E-state index contributed by atoms with van der Waals surface area (Å²) in [6.07, 6.45) is 3.20. The van der Waals surface area contributed by atoms with E-state index in [-0.39, 0.29) is 36.2 Å². The number of benzene rings is 3. The Bertz CT molecular complexity index is 1260. The van der Waals surface area contributed by atoms with E-state index < -0.39 is 29.0 Å². The average Bonchev–Trinajstić information content (AvgIpc) is 3.23. The third kappa shape index (κ3) is 4.98. The Labute approximate surface area is 216 Å². The highest BCUT2D eigenvalue weighted by Gasteiger charge is 2.44. The second-order valence-electron chi connectivity index (χ2n) is 9.77. The second kappa shape index (κ2) is 9.58. The lowest BCUT2D eigenvalue weighted by Gasteiger charge is -2.47. The minimum atomic E-state index is -1.15. The fraction of sp³-hybridized carbons (Fsp3) is 0.321. The van der Waals surface area contributed by atoms with Gasteiger partial charge in [-0.05, 0) is 95.1 Å². The number of hydrogen-bond acceptors (Lipinski definition) is 2. The number of likely N-dealkylation sites (tertiary alicyclic amines) is 1. The summed E-state index contributed by atoms with van der Waals surface area (Å²) < 4.78 is 43.8. The van der Waals surface area contributed by atoms with Crippen LogP contribution in [0.4, 0.5) is 13.2 Å². The third-order valence-electron chi connectivity index (χ3n) is 7.22. The lowest BCUT2D eigenvalue weighted by molar-refractivity contribution is -0.0886. The van der Waals surface area contributed by atoms with Crippen molar-refractivity contribution in [2.24, 2.45) is 5.92 Å². The van der Waals surface area contributed by atoms with Crippen molar-refractivity contribution in [3.05, 3.63) is 103 Å². The van der Waals surface area contributed by atoms with Crippen LogP contribution in [0.3, 0.4) is 0 Å². The number of amides is 1. The molecular formula is C28H25F3INO2. The molecule has 35 heavy (non-hydrogen) atoms. The first-order chi connectivity index (χ1) is 16.7. The van der Waals surface area contributed by atoms with E-state index in [9.17, 15) is 23.1 Å². The first kappa shape index (κ1) is 24.3. The highest BCUT2D eigenvalue weighted by atomic mass is 127. The molecule has 0 aromatic heterocycles. The van der Waals surface area contributed by atoms with Crippen molar-refractivity contribution < 1.29 is 23.1 Å². The number of fused-ring (bicyclic) bond motifs is 1. The van der Waals surface area contributed by atoms with Crippen molar-refractivity contribution in [3.8, 4) is 0 Å². The molecule has 0 radical (unpaired) electrons. The molecule has 0 unspecified atom stereocenters. The molecular weight excluding hydrogens is 566 g/mol. The first-order valence-corrected chi connectivity index (χ1v) is 12.8. The van der Waals surface area contributed by atoms with Gasteiger partial charge < -0.3 is 10.0 Å². The predicted molar refractivity (Wildman–Crippen MR) is 136 cm³/mol. The van der Waals surface area contributed by atoms with Crippen molar-refractivity contribution >= 4 is 28.5 Å². The normalized spacial score (nSPS) is 16.8. The maximum Gasteiger partial charge on any atom is 0.254 e. The Morgan fingerprint density at radius 1 is 1.00 bits per heavy atom. The molecule has 0 bridgehead atoms. The van der Waals surface area contributed by atoms with Gasteiger partial charge in [-0.15, -0.1) is 0 Å². The number of halogens is 4. The van der Waals surface area contributed by atoms with E-state index in [1.165, 1.54) is 34.2 Å². The Morgan fingerprint density at radius 2 is 1.69 bits per heavy atom. The molecule has 5 rings (SSSR count). The van der Waals surface area contributed by atoms with Crippen molar-refractivity contribution in [3.63, 3.8) is 0 Å². The van der Waals surface area contributed by atoms with Gasteiger partial charge >= 0.3 is 0 Å². The maximum absolute atomic E-state index is 14.7. The molecule has 1 aliphatic heterocycles. The van der Waals surface area contributed by atoms with Crippen LogP contribution in [0.15, 0.2) is 54.6 Å². The van der Waals surface area contributed by atoms with Crippen molar-refractivity contribution in [1.29, 1.82) is 0 Å². The van der Waals surface area contributed by atoms with Crippen molar-refractivity contribution in [1.82, 2.24) is 4.90 Å². The lowest BCUT2D eigenvalue weighted by Crippen LogP contribution is -2.63. The number of aliphatic hydroxyl groups is 1. The van der Waals surface area contributed by atoms with Gasteiger partial charge in [0, 0.05) is 21.1 Å². The lowest BCUT2D eigenvalue weighted by atomic mass is 9.84. The summed E-state index contributed by atoms with van der Waals surface area (Å²) >= 11 is 1.97. The minimum Gasteiger partial charge on any atom is -0.386 e. The molecule has 1 N–H and O–H groups in total. The predicted octanol–water partition coefficient (Wildman–Crippen LogP) is 5.68. The fourth-order valence-corrected chi connectivity index (χ4v) is 5.74. The third-order valence-corrected chi connectivity index (χ3v) is 7.89. The molecule has 1 fully saturated rings. The number of nitrogens with zero attached hydrogens (tertiary/aromatic N) is 1. The van der Waals surface area contributed by atoms with E-state index in [1.54, 1.807) is 6.07 Å². The Balaban J connectivity index is 1.25. The van der Waals surface area contributed by atoms with Gasteiger partial charge in [-0.3, -0.25) is 4.79 Å². The maximum atomic E-state index is 14.7. The molecule has 3 nitrogen and oxygen atoms in total. The van der Waals surface area contributed by atoms with Crippen LogP contribution in [0.25, 0.3) is 0 Å². The molecule has 7 heteroatoms. The highest BCUT2D eigenvalue weighted by Crippen LogP contribution is 2.35. The molecule has 0 spiro atoms. The molecule has 182 valence electrons. The molecule has 2 aliphatic rings. The van der Waals surface area contributed by atoms with E-state index in [2.05, 4.69) is 12.1 Å². The van der Waals surface area contributed by atoms with Gasteiger partial charge in [-0.1, -0.05) is 30.3 Å². The number of hydrogen-bond donors (Lipinski definition) is 1. The zero-order chi connectivity index (χ0) is 24.7. The van der Waals surface area contributed by atoms with E-state index in [0.717, 1.165) is 25.3 Å². The molecule has 1 amide bonds. The smallest absolute Gasteiger partial charge is 0.254 e. The molecule has 1 heterocycles. The van der Waals surface area contributed by atoms with Gasteiger partial charge in [0.1, 0.15) is 5.82 Å².